The highest BCUT2D eigenvalue weighted by atomic mass is 16.6. The fraction of sp³-hybridized carbons (Fsp3) is 0.500. The summed E-state index contributed by atoms with van der Waals surface area (Å²) in [6.45, 7) is 1.46. The SMILES string of the molecule is CN(C)c1ccc([N+](=O)[O-])cc1C(=O)N1CCCCC1. The molecule has 1 aliphatic heterocycles. The van der Waals surface area contributed by atoms with Crippen molar-refractivity contribution in [3.05, 3.63) is 33.9 Å². The van der Waals surface area contributed by atoms with Crippen LogP contribution in [-0.2, 0) is 0 Å². The van der Waals surface area contributed by atoms with Crippen LogP contribution in [0.5, 0.6) is 0 Å². The molecule has 6 nitrogen and oxygen atoms in total. The number of anilines is 1. The fourth-order valence-electron chi connectivity index (χ4n) is 2.47. The number of hydrogen-bond acceptors (Lipinski definition) is 4. The molecule has 0 bridgehead atoms. The Hall–Kier alpha value is -2.11. The quantitative estimate of drug-likeness (QED) is 0.628. The van der Waals surface area contributed by atoms with Gasteiger partial charge in [0.05, 0.1) is 10.5 Å². The molecule has 1 aromatic rings. The number of non-ortho nitro benzene ring substituents is 1. The van der Waals surface area contributed by atoms with E-state index in [4.69, 9.17) is 0 Å². The predicted octanol–water partition coefficient (Wildman–Crippen LogP) is 2.29. The van der Waals surface area contributed by atoms with Crippen molar-refractivity contribution in [2.45, 2.75) is 19.3 Å². The maximum absolute atomic E-state index is 12.6. The zero-order valence-corrected chi connectivity index (χ0v) is 11.8. The van der Waals surface area contributed by atoms with E-state index in [1.165, 1.54) is 12.1 Å². The molecule has 1 heterocycles. The molecule has 0 saturated carbocycles. The minimum absolute atomic E-state index is 0.0454. The zero-order valence-electron chi connectivity index (χ0n) is 11.8. The van der Waals surface area contributed by atoms with Crippen LogP contribution in [-0.4, -0.2) is 42.9 Å². The highest BCUT2D eigenvalue weighted by Crippen LogP contribution is 2.26. The summed E-state index contributed by atoms with van der Waals surface area (Å²) >= 11 is 0. The van der Waals surface area contributed by atoms with Gasteiger partial charge in [-0.15, -0.1) is 0 Å². The Morgan fingerprint density at radius 1 is 1.25 bits per heavy atom. The summed E-state index contributed by atoms with van der Waals surface area (Å²) in [5.74, 6) is -0.114. The second-order valence-corrected chi connectivity index (χ2v) is 5.21. The number of nitro benzene ring substituents is 1. The van der Waals surface area contributed by atoms with E-state index in [2.05, 4.69) is 0 Å². The molecular weight excluding hydrogens is 258 g/mol. The molecule has 0 aliphatic carbocycles. The van der Waals surface area contributed by atoms with Gasteiger partial charge in [-0.2, -0.15) is 0 Å². The van der Waals surface area contributed by atoms with Crippen LogP contribution in [0, 0.1) is 10.1 Å². The maximum Gasteiger partial charge on any atom is 0.270 e. The molecule has 1 saturated heterocycles. The maximum atomic E-state index is 12.6. The van der Waals surface area contributed by atoms with Gasteiger partial charge in [0.15, 0.2) is 0 Å². The van der Waals surface area contributed by atoms with Gasteiger partial charge in [0.2, 0.25) is 0 Å². The first-order chi connectivity index (χ1) is 9.50. The number of nitrogens with zero attached hydrogens (tertiary/aromatic N) is 3. The van der Waals surface area contributed by atoms with Gasteiger partial charge in [-0.1, -0.05) is 0 Å². The van der Waals surface area contributed by atoms with Crippen molar-refractivity contribution in [3.8, 4) is 0 Å². The predicted molar refractivity (Wildman–Crippen MR) is 77.2 cm³/mol. The Morgan fingerprint density at radius 2 is 1.90 bits per heavy atom. The second kappa shape index (κ2) is 5.90. The molecule has 0 aromatic heterocycles. The highest BCUT2D eigenvalue weighted by molar-refractivity contribution is 6.00. The Kier molecular flexibility index (Phi) is 4.22. The van der Waals surface area contributed by atoms with Crippen LogP contribution in [0.2, 0.25) is 0 Å². The first-order valence-electron chi connectivity index (χ1n) is 6.76. The van der Waals surface area contributed by atoms with Crippen LogP contribution >= 0.6 is 0 Å². The van der Waals surface area contributed by atoms with Crippen molar-refractivity contribution in [1.29, 1.82) is 0 Å². The summed E-state index contributed by atoms with van der Waals surface area (Å²) in [6.07, 6.45) is 3.13. The molecule has 1 amide bonds. The van der Waals surface area contributed by atoms with E-state index >= 15 is 0 Å². The third-order valence-corrected chi connectivity index (χ3v) is 3.55. The van der Waals surface area contributed by atoms with Gasteiger partial charge in [-0.05, 0) is 25.3 Å². The van der Waals surface area contributed by atoms with E-state index in [0.29, 0.717) is 11.3 Å². The molecule has 0 spiro atoms. The summed E-state index contributed by atoms with van der Waals surface area (Å²) in [4.78, 5) is 26.6. The third-order valence-electron chi connectivity index (χ3n) is 3.55. The molecule has 0 atom stereocenters. The topological polar surface area (TPSA) is 66.7 Å². The highest BCUT2D eigenvalue weighted by Gasteiger charge is 2.23. The summed E-state index contributed by atoms with van der Waals surface area (Å²) in [7, 11) is 3.66. The molecule has 0 N–H and O–H groups in total. The molecule has 1 fully saturated rings. The van der Waals surface area contributed by atoms with E-state index in [0.717, 1.165) is 32.4 Å². The number of piperidine rings is 1. The van der Waals surface area contributed by atoms with E-state index in [1.807, 2.05) is 14.1 Å². The van der Waals surface area contributed by atoms with Crippen LogP contribution < -0.4 is 4.90 Å². The van der Waals surface area contributed by atoms with Crippen molar-refractivity contribution < 1.29 is 9.72 Å². The van der Waals surface area contributed by atoms with Crippen LogP contribution in [0.3, 0.4) is 0 Å². The lowest BCUT2D eigenvalue weighted by molar-refractivity contribution is -0.384. The number of hydrogen-bond donors (Lipinski definition) is 0. The first-order valence-corrected chi connectivity index (χ1v) is 6.76. The summed E-state index contributed by atoms with van der Waals surface area (Å²) < 4.78 is 0. The summed E-state index contributed by atoms with van der Waals surface area (Å²) in [5.41, 5.74) is 1.08. The fourth-order valence-corrected chi connectivity index (χ4v) is 2.47. The van der Waals surface area contributed by atoms with Crippen LogP contribution in [0.15, 0.2) is 18.2 Å². The van der Waals surface area contributed by atoms with Gasteiger partial charge in [0.1, 0.15) is 0 Å². The number of carbonyl (C=O) groups is 1. The molecule has 1 aliphatic rings. The second-order valence-electron chi connectivity index (χ2n) is 5.21. The molecular formula is C14H19N3O3. The van der Waals surface area contributed by atoms with E-state index in [9.17, 15) is 14.9 Å². The number of nitro groups is 1. The van der Waals surface area contributed by atoms with E-state index in [1.54, 1.807) is 15.9 Å². The zero-order chi connectivity index (χ0) is 14.7. The van der Waals surface area contributed by atoms with Crippen LogP contribution in [0.1, 0.15) is 29.6 Å². The van der Waals surface area contributed by atoms with E-state index in [-0.39, 0.29) is 11.6 Å². The monoisotopic (exact) mass is 277 g/mol. The number of likely N-dealkylation sites (tertiary alicyclic amines) is 1. The summed E-state index contributed by atoms with van der Waals surface area (Å²) in [5, 5.41) is 10.9. The van der Waals surface area contributed by atoms with Gasteiger partial charge >= 0.3 is 0 Å². The minimum Gasteiger partial charge on any atom is -0.377 e. The van der Waals surface area contributed by atoms with Gasteiger partial charge < -0.3 is 9.80 Å². The van der Waals surface area contributed by atoms with Crippen molar-refractivity contribution in [3.63, 3.8) is 0 Å². The Morgan fingerprint density at radius 3 is 2.45 bits per heavy atom. The van der Waals surface area contributed by atoms with Gasteiger partial charge in [-0.25, -0.2) is 0 Å². The Labute approximate surface area is 118 Å². The number of rotatable bonds is 3. The van der Waals surface area contributed by atoms with Crippen molar-refractivity contribution in [2.75, 3.05) is 32.1 Å². The molecule has 1 aromatic carbocycles. The number of benzene rings is 1. The summed E-state index contributed by atoms with van der Waals surface area (Å²) in [6, 6.07) is 4.45. The number of amides is 1. The normalized spacial score (nSPS) is 15.0. The van der Waals surface area contributed by atoms with E-state index < -0.39 is 4.92 Å². The van der Waals surface area contributed by atoms with Crippen LogP contribution in [0.25, 0.3) is 0 Å². The minimum atomic E-state index is -0.466. The van der Waals surface area contributed by atoms with Crippen molar-refractivity contribution in [1.82, 2.24) is 4.90 Å². The molecule has 108 valence electrons. The smallest absolute Gasteiger partial charge is 0.270 e. The molecule has 20 heavy (non-hydrogen) atoms. The van der Waals surface area contributed by atoms with Crippen LogP contribution in [0.4, 0.5) is 11.4 Å². The van der Waals surface area contributed by atoms with Crippen molar-refractivity contribution >= 4 is 17.3 Å². The average Bonchev–Trinajstić information content (AvgIpc) is 2.46. The molecule has 2 rings (SSSR count). The largest absolute Gasteiger partial charge is 0.377 e. The molecule has 0 unspecified atom stereocenters. The van der Waals surface area contributed by atoms with Gasteiger partial charge in [0.25, 0.3) is 11.6 Å². The Bertz CT molecular complexity index is 522. The lowest BCUT2D eigenvalue weighted by Crippen LogP contribution is -2.36. The first kappa shape index (κ1) is 14.3. The van der Waals surface area contributed by atoms with Gasteiger partial charge in [0, 0.05) is 45.0 Å². The third kappa shape index (κ3) is 2.89. The lowest BCUT2D eigenvalue weighted by atomic mass is 10.1. The molecule has 6 heteroatoms. The number of carbonyl (C=O) groups excluding carboxylic acids is 1. The standard InChI is InChI=1S/C14H19N3O3/c1-15(2)13-7-6-11(17(19)20)10-12(13)14(18)16-8-4-3-5-9-16/h6-7,10H,3-5,8-9H2,1-2H3. The van der Waals surface area contributed by atoms with Crippen molar-refractivity contribution in [2.24, 2.45) is 0 Å². The van der Waals surface area contributed by atoms with Gasteiger partial charge in [-0.3, -0.25) is 14.9 Å². The average molecular weight is 277 g/mol. The lowest BCUT2D eigenvalue weighted by Gasteiger charge is -2.28. The Balaban J connectivity index is 2.38. The molecule has 0 radical (unpaired) electrons.